The van der Waals surface area contributed by atoms with Crippen molar-refractivity contribution in [2.24, 2.45) is 0 Å². The van der Waals surface area contributed by atoms with Crippen LogP contribution in [0, 0.1) is 0 Å². The minimum Gasteiger partial charge on any atom is -0.366 e. The van der Waals surface area contributed by atoms with Crippen molar-refractivity contribution in [3.05, 3.63) is 65.2 Å². The monoisotopic (exact) mass is 301 g/mol. The molecule has 0 bridgehead atoms. The number of aromatic amines is 1. The molecule has 2 aromatic heterocycles. The van der Waals surface area contributed by atoms with Crippen molar-refractivity contribution in [3.63, 3.8) is 0 Å². The van der Waals surface area contributed by atoms with Crippen LogP contribution in [0.2, 0.25) is 0 Å². The maximum absolute atomic E-state index is 12.3. The Hall–Kier alpha value is -2.67. The zero-order valence-corrected chi connectivity index (χ0v) is 11.6. The van der Waals surface area contributed by atoms with Crippen LogP contribution in [-0.2, 0) is 10.0 Å². The van der Waals surface area contributed by atoms with Gasteiger partial charge in [-0.1, -0.05) is 18.2 Å². The van der Waals surface area contributed by atoms with E-state index in [2.05, 4.69) is 14.7 Å². The maximum atomic E-state index is 12.3. The van der Waals surface area contributed by atoms with Gasteiger partial charge in [-0.05, 0) is 12.1 Å². The van der Waals surface area contributed by atoms with Gasteiger partial charge in [0.1, 0.15) is 0 Å². The molecule has 0 amide bonds. The second kappa shape index (κ2) is 5.02. The number of anilines is 1. The third-order valence-electron chi connectivity index (χ3n) is 2.95. The Morgan fingerprint density at radius 3 is 2.71 bits per heavy atom. The number of nitrogens with one attached hydrogen (secondary N) is 2. The molecular formula is C14H11N3O3S. The first-order chi connectivity index (χ1) is 10.1. The first kappa shape index (κ1) is 13.3. The summed E-state index contributed by atoms with van der Waals surface area (Å²) in [5.41, 5.74) is 0.279. The normalized spacial score (nSPS) is 11.4. The minimum absolute atomic E-state index is 0.330. The molecule has 0 radical (unpaired) electrons. The van der Waals surface area contributed by atoms with Crippen LogP contribution in [-0.4, -0.2) is 18.4 Å². The Bertz CT molecular complexity index is 959. The second-order valence-corrected chi connectivity index (χ2v) is 6.01. The van der Waals surface area contributed by atoms with Crippen LogP contribution in [0.25, 0.3) is 10.9 Å². The first-order valence-electron chi connectivity index (χ1n) is 6.11. The van der Waals surface area contributed by atoms with E-state index in [0.717, 1.165) is 17.6 Å². The van der Waals surface area contributed by atoms with E-state index in [1.54, 1.807) is 24.4 Å². The smallest absolute Gasteiger partial charge is 0.267 e. The molecule has 0 unspecified atom stereocenters. The highest BCUT2D eigenvalue weighted by Crippen LogP contribution is 2.22. The van der Waals surface area contributed by atoms with Crippen LogP contribution in [0.3, 0.4) is 0 Å². The van der Waals surface area contributed by atoms with Gasteiger partial charge in [0.05, 0.1) is 11.2 Å². The van der Waals surface area contributed by atoms with Crippen LogP contribution in [0.5, 0.6) is 0 Å². The number of fused-ring (bicyclic) bond motifs is 1. The molecule has 21 heavy (non-hydrogen) atoms. The van der Waals surface area contributed by atoms with Crippen molar-refractivity contribution in [1.29, 1.82) is 0 Å². The zero-order valence-electron chi connectivity index (χ0n) is 10.8. The first-order valence-corrected chi connectivity index (χ1v) is 7.60. The molecule has 106 valence electrons. The van der Waals surface area contributed by atoms with Gasteiger partial charge in [0.2, 0.25) is 5.43 Å². The summed E-state index contributed by atoms with van der Waals surface area (Å²) < 4.78 is 27.0. The van der Waals surface area contributed by atoms with Gasteiger partial charge in [-0.2, -0.15) is 0 Å². The predicted octanol–water partition coefficient (Wildman–Crippen LogP) is 1.72. The number of nitrogens with zero attached hydrogens (tertiary/aromatic N) is 1. The van der Waals surface area contributed by atoms with Crippen molar-refractivity contribution >= 4 is 26.6 Å². The summed E-state index contributed by atoms with van der Waals surface area (Å²) in [5.74, 6) is 0. The van der Waals surface area contributed by atoms with Crippen molar-refractivity contribution < 1.29 is 8.42 Å². The summed E-state index contributed by atoms with van der Waals surface area (Å²) in [6.07, 6.45) is 4.11. The fourth-order valence-electron chi connectivity index (χ4n) is 2.00. The molecule has 7 heteroatoms. The molecule has 0 aliphatic rings. The van der Waals surface area contributed by atoms with Crippen LogP contribution in [0.4, 0.5) is 5.69 Å². The Morgan fingerprint density at radius 1 is 1.10 bits per heavy atom. The Kier molecular flexibility index (Phi) is 3.19. The molecular weight excluding hydrogens is 290 g/mol. The molecule has 2 N–H and O–H groups in total. The van der Waals surface area contributed by atoms with Crippen molar-refractivity contribution in [2.45, 2.75) is 4.90 Å². The van der Waals surface area contributed by atoms with E-state index in [-0.39, 0.29) is 4.90 Å². The summed E-state index contributed by atoms with van der Waals surface area (Å²) in [4.78, 5) is 18.1. The lowest BCUT2D eigenvalue weighted by Gasteiger charge is -2.09. The summed E-state index contributed by atoms with van der Waals surface area (Å²) in [5, 5.41) is 0.805. The van der Waals surface area contributed by atoms with Crippen molar-refractivity contribution in [3.8, 4) is 0 Å². The molecule has 0 fully saturated rings. The lowest BCUT2D eigenvalue weighted by Crippen LogP contribution is -2.21. The van der Waals surface area contributed by atoms with E-state index in [9.17, 15) is 13.2 Å². The number of H-pyrrole nitrogens is 1. The second-order valence-electron chi connectivity index (χ2n) is 4.36. The van der Waals surface area contributed by atoms with E-state index < -0.39 is 15.5 Å². The number of pyridine rings is 2. The van der Waals surface area contributed by atoms with Gasteiger partial charge in [0, 0.05) is 30.0 Å². The van der Waals surface area contributed by atoms with Gasteiger partial charge in [0.25, 0.3) is 10.0 Å². The summed E-state index contributed by atoms with van der Waals surface area (Å²) in [6, 6.07) is 9.91. The van der Waals surface area contributed by atoms with Gasteiger partial charge in [-0.15, -0.1) is 0 Å². The topological polar surface area (TPSA) is 91.9 Å². The highest BCUT2D eigenvalue weighted by molar-refractivity contribution is 7.92. The Labute approximate surface area is 120 Å². The lowest BCUT2D eigenvalue weighted by molar-refractivity contribution is 0.600. The van der Waals surface area contributed by atoms with Gasteiger partial charge in [-0.3, -0.25) is 14.5 Å². The highest BCUT2D eigenvalue weighted by Gasteiger charge is 2.18. The van der Waals surface area contributed by atoms with E-state index in [4.69, 9.17) is 0 Å². The molecule has 0 saturated heterocycles. The van der Waals surface area contributed by atoms with E-state index >= 15 is 0 Å². The zero-order chi connectivity index (χ0) is 14.9. The molecule has 0 atom stereocenters. The van der Waals surface area contributed by atoms with Crippen LogP contribution in [0.15, 0.2) is 64.7 Å². The molecule has 3 rings (SSSR count). The Morgan fingerprint density at radius 2 is 1.90 bits per heavy atom. The molecule has 2 heterocycles. The molecule has 1 aromatic carbocycles. The predicted molar refractivity (Wildman–Crippen MR) is 79.6 cm³/mol. The third-order valence-corrected chi connectivity index (χ3v) is 4.34. The summed E-state index contributed by atoms with van der Waals surface area (Å²) in [7, 11) is -3.97. The molecule has 0 spiro atoms. The van der Waals surface area contributed by atoms with Gasteiger partial charge in [0.15, 0.2) is 4.90 Å². The lowest BCUT2D eigenvalue weighted by atomic mass is 10.2. The van der Waals surface area contributed by atoms with Gasteiger partial charge >= 0.3 is 0 Å². The summed E-state index contributed by atoms with van der Waals surface area (Å²) >= 11 is 0. The van der Waals surface area contributed by atoms with Gasteiger partial charge < -0.3 is 4.98 Å². The maximum Gasteiger partial charge on any atom is 0.267 e. The molecule has 3 aromatic rings. The van der Waals surface area contributed by atoms with Crippen molar-refractivity contribution in [1.82, 2.24) is 9.97 Å². The number of aromatic nitrogens is 2. The molecule has 0 aliphatic carbocycles. The number of hydrogen-bond acceptors (Lipinski definition) is 4. The number of para-hydroxylation sites is 1. The standard InChI is InChI=1S/C14H11N3O3S/c18-12-6-8-15-9-13(12)21(19,20)17-11-5-1-3-10-4-2-7-16-14(10)11/h1-9,17H,(H,15,18). The Balaban J connectivity index is 2.10. The van der Waals surface area contributed by atoms with Crippen molar-refractivity contribution in [2.75, 3.05) is 4.72 Å². The van der Waals surface area contributed by atoms with E-state index in [1.165, 1.54) is 6.20 Å². The van der Waals surface area contributed by atoms with E-state index in [0.29, 0.717) is 11.2 Å². The van der Waals surface area contributed by atoms with Crippen LogP contribution >= 0.6 is 0 Å². The molecule has 0 saturated carbocycles. The average Bonchev–Trinajstić information content (AvgIpc) is 2.47. The number of sulfonamides is 1. The van der Waals surface area contributed by atoms with Gasteiger partial charge in [-0.25, -0.2) is 8.42 Å². The van der Waals surface area contributed by atoms with Crippen LogP contribution in [0.1, 0.15) is 0 Å². The number of hydrogen-bond donors (Lipinski definition) is 2. The quantitative estimate of drug-likeness (QED) is 0.770. The largest absolute Gasteiger partial charge is 0.366 e. The number of benzene rings is 1. The molecule has 0 aliphatic heterocycles. The average molecular weight is 301 g/mol. The SMILES string of the molecule is O=c1cc[nH]cc1S(=O)(=O)Nc1cccc2cccnc12. The fraction of sp³-hybridized carbons (Fsp3) is 0. The number of rotatable bonds is 3. The third kappa shape index (κ3) is 2.50. The minimum atomic E-state index is -3.97. The highest BCUT2D eigenvalue weighted by atomic mass is 32.2. The molecule has 6 nitrogen and oxygen atoms in total. The van der Waals surface area contributed by atoms with E-state index in [1.807, 2.05) is 12.1 Å². The van der Waals surface area contributed by atoms with Crippen LogP contribution < -0.4 is 10.2 Å². The fourth-order valence-corrected chi connectivity index (χ4v) is 3.12. The summed E-state index contributed by atoms with van der Waals surface area (Å²) in [6.45, 7) is 0.